The molecule has 0 fully saturated rings. The third kappa shape index (κ3) is 3.14. The fraction of sp³-hybridized carbons (Fsp3) is 0.286. The van der Waals surface area contributed by atoms with Gasteiger partial charge >= 0.3 is 0 Å². The van der Waals surface area contributed by atoms with E-state index >= 15 is 0 Å². The molecule has 0 saturated heterocycles. The number of thiophene rings is 1. The van der Waals surface area contributed by atoms with Gasteiger partial charge in [-0.25, -0.2) is 4.39 Å². The Kier molecular flexibility index (Phi) is 3.92. The molecule has 90 valence electrons. The van der Waals surface area contributed by atoms with Crippen LogP contribution in [-0.2, 0) is 6.42 Å². The summed E-state index contributed by atoms with van der Waals surface area (Å²) in [5, 5.41) is 2.07. The summed E-state index contributed by atoms with van der Waals surface area (Å²) >= 11 is 1.75. The first-order valence-corrected chi connectivity index (χ1v) is 6.59. The van der Waals surface area contributed by atoms with Gasteiger partial charge < -0.3 is 5.73 Å². The van der Waals surface area contributed by atoms with E-state index in [1.54, 1.807) is 24.3 Å². The highest BCUT2D eigenvalue weighted by Crippen LogP contribution is 2.20. The molecule has 0 bridgehead atoms. The van der Waals surface area contributed by atoms with E-state index in [9.17, 15) is 4.39 Å². The van der Waals surface area contributed by atoms with Crippen LogP contribution in [0.1, 0.15) is 28.5 Å². The molecule has 2 rings (SSSR count). The van der Waals surface area contributed by atoms with Crippen molar-refractivity contribution in [2.75, 3.05) is 0 Å². The monoisotopic (exact) mass is 249 g/mol. The first-order valence-electron chi connectivity index (χ1n) is 5.71. The minimum absolute atomic E-state index is 0.0172. The SMILES string of the molecule is Cc1cc(C(N)CCc2cccs2)ccc1F. The van der Waals surface area contributed by atoms with Gasteiger partial charge in [-0.3, -0.25) is 0 Å². The van der Waals surface area contributed by atoms with Crippen molar-refractivity contribution in [3.8, 4) is 0 Å². The van der Waals surface area contributed by atoms with Crippen LogP contribution in [0, 0.1) is 12.7 Å². The summed E-state index contributed by atoms with van der Waals surface area (Å²) < 4.78 is 13.1. The molecular formula is C14H16FNS. The Morgan fingerprint density at radius 3 is 2.82 bits per heavy atom. The summed E-state index contributed by atoms with van der Waals surface area (Å²) in [5.74, 6) is -0.167. The first kappa shape index (κ1) is 12.3. The van der Waals surface area contributed by atoms with E-state index in [4.69, 9.17) is 5.73 Å². The topological polar surface area (TPSA) is 26.0 Å². The van der Waals surface area contributed by atoms with Crippen molar-refractivity contribution in [1.29, 1.82) is 0 Å². The zero-order chi connectivity index (χ0) is 12.3. The summed E-state index contributed by atoms with van der Waals surface area (Å²) in [7, 11) is 0. The largest absolute Gasteiger partial charge is 0.324 e. The molecule has 1 aromatic carbocycles. The third-order valence-corrected chi connectivity index (χ3v) is 3.83. The molecule has 0 aliphatic heterocycles. The van der Waals surface area contributed by atoms with Crippen molar-refractivity contribution in [2.24, 2.45) is 5.73 Å². The molecule has 0 aliphatic rings. The molecule has 2 N–H and O–H groups in total. The standard InChI is InChI=1S/C14H16FNS/c1-10-9-11(4-6-13(10)15)14(16)7-5-12-3-2-8-17-12/h2-4,6,8-9,14H,5,7,16H2,1H3. The van der Waals surface area contributed by atoms with Crippen LogP contribution in [0.4, 0.5) is 4.39 Å². The molecule has 3 heteroatoms. The third-order valence-electron chi connectivity index (χ3n) is 2.89. The van der Waals surface area contributed by atoms with E-state index in [2.05, 4.69) is 11.4 Å². The Bertz CT molecular complexity index is 479. The van der Waals surface area contributed by atoms with Crippen molar-refractivity contribution >= 4 is 11.3 Å². The fourth-order valence-electron chi connectivity index (χ4n) is 1.82. The minimum Gasteiger partial charge on any atom is -0.324 e. The Hall–Kier alpha value is -1.19. The molecule has 1 aromatic heterocycles. The van der Waals surface area contributed by atoms with Gasteiger partial charge in [-0.2, -0.15) is 0 Å². The summed E-state index contributed by atoms with van der Waals surface area (Å²) in [6, 6.07) is 9.27. The van der Waals surface area contributed by atoms with E-state index in [1.165, 1.54) is 10.9 Å². The zero-order valence-electron chi connectivity index (χ0n) is 9.82. The van der Waals surface area contributed by atoms with Crippen molar-refractivity contribution in [2.45, 2.75) is 25.8 Å². The van der Waals surface area contributed by atoms with Gasteiger partial charge in [0.25, 0.3) is 0 Å². The molecule has 0 amide bonds. The summed E-state index contributed by atoms with van der Waals surface area (Å²) in [5.41, 5.74) is 7.79. The lowest BCUT2D eigenvalue weighted by Gasteiger charge is -2.12. The van der Waals surface area contributed by atoms with Crippen LogP contribution < -0.4 is 5.73 Å². The van der Waals surface area contributed by atoms with Crippen LogP contribution in [0.25, 0.3) is 0 Å². The Morgan fingerprint density at radius 1 is 1.35 bits per heavy atom. The van der Waals surface area contributed by atoms with Gasteiger partial charge in [0, 0.05) is 10.9 Å². The number of hydrogen-bond acceptors (Lipinski definition) is 2. The van der Waals surface area contributed by atoms with Gasteiger partial charge in [0.15, 0.2) is 0 Å². The smallest absolute Gasteiger partial charge is 0.126 e. The maximum atomic E-state index is 13.1. The fourth-order valence-corrected chi connectivity index (χ4v) is 2.54. The molecule has 0 radical (unpaired) electrons. The van der Waals surface area contributed by atoms with Crippen LogP contribution in [0.15, 0.2) is 35.7 Å². The maximum Gasteiger partial charge on any atom is 0.126 e. The van der Waals surface area contributed by atoms with Crippen molar-refractivity contribution in [3.05, 3.63) is 57.5 Å². The predicted molar refractivity (Wildman–Crippen MR) is 70.7 cm³/mol. The van der Waals surface area contributed by atoms with Crippen LogP contribution in [0.3, 0.4) is 0 Å². The first-order chi connectivity index (χ1) is 8.16. The van der Waals surface area contributed by atoms with Crippen LogP contribution in [-0.4, -0.2) is 0 Å². The van der Waals surface area contributed by atoms with Gasteiger partial charge in [0.1, 0.15) is 5.82 Å². The van der Waals surface area contributed by atoms with Crippen molar-refractivity contribution in [3.63, 3.8) is 0 Å². The van der Waals surface area contributed by atoms with Gasteiger partial charge in [0.05, 0.1) is 0 Å². The van der Waals surface area contributed by atoms with Gasteiger partial charge in [-0.1, -0.05) is 18.2 Å². The van der Waals surface area contributed by atoms with Crippen LogP contribution >= 0.6 is 11.3 Å². The molecule has 1 heterocycles. The van der Waals surface area contributed by atoms with Crippen molar-refractivity contribution < 1.29 is 4.39 Å². The van der Waals surface area contributed by atoms with Gasteiger partial charge in [-0.05, 0) is 48.4 Å². The van der Waals surface area contributed by atoms with Crippen LogP contribution in [0.5, 0.6) is 0 Å². The zero-order valence-corrected chi connectivity index (χ0v) is 10.6. The molecule has 1 nitrogen and oxygen atoms in total. The van der Waals surface area contributed by atoms with Gasteiger partial charge in [0.2, 0.25) is 0 Å². The number of rotatable bonds is 4. The lowest BCUT2D eigenvalue weighted by molar-refractivity contribution is 0.611. The number of benzene rings is 1. The average Bonchev–Trinajstić information content (AvgIpc) is 2.82. The lowest BCUT2D eigenvalue weighted by Crippen LogP contribution is -2.11. The van der Waals surface area contributed by atoms with E-state index in [0.717, 1.165) is 18.4 Å². The molecule has 1 atom stereocenters. The maximum absolute atomic E-state index is 13.1. The highest BCUT2D eigenvalue weighted by Gasteiger charge is 2.08. The number of hydrogen-bond donors (Lipinski definition) is 1. The second kappa shape index (κ2) is 5.43. The van der Waals surface area contributed by atoms with Crippen LogP contribution in [0.2, 0.25) is 0 Å². The lowest BCUT2D eigenvalue weighted by atomic mass is 10.0. The number of halogens is 1. The van der Waals surface area contributed by atoms with E-state index in [-0.39, 0.29) is 11.9 Å². The predicted octanol–water partition coefficient (Wildman–Crippen LogP) is 3.83. The minimum atomic E-state index is -0.167. The second-order valence-corrected chi connectivity index (χ2v) is 5.27. The number of nitrogens with two attached hydrogens (primary N) is 1. The molecule has 0 saturated carbocycles. The van der Waals surface area contributed by atoms with E-state index < -0.39 is 0 Å². The Labute approximate surface area is 105 Å². The van der Waals surface area contributed by atoms with E-state index in [1.807, 2.05) is 12.1 Å². The average molecular weight is 249 g/mol. The Balaban J connectivity index is 1.99. The number of aryl methyl sites for hydroxylation is 2. The second-order valence-electron chi connectivity index (χ2n) is 4.23. The molecule has 0 aliphatic carbocycles. The Morgan fingerprint density at radius 2 is 2.18 bits per heavy atom. The highest BCUT2D eigenvalue weighted by molar-refractivity contribution is 7.09. The molecule has 0 spiro atoms. The summed E-state index contributed by atoms with van der Waals surface area (Å²) in [6.45, 7) is 1.77. The summed E-state index contributed by atoms with van der Waals surface area (Å²) in [4.78, 5) is 1.35. The normalized spacial score (nSPS) is 12.6. The van der Waals surface area contributed by atoms with E-state index in [0.29, 0.717) is 5.56 Å². The highest BCUT2D eigenvalue weighted by atomic mass is 32.1. The quantitative estimate of drug-likeness (QED) is 0.875. The molecular weight excluding hydrogens is 233 g/mol. The molecule has 17 heavy (non-hydrogen) atoms. The molecule has 1 unspecified atom stereocenters. The molecule has 2 aromatic rings. The van der Waals surface area contributed by atoms with Crippen molar-refractivity contribution in [1.82, 2.24) is 0 Å². The van der Waals surface area contributed by atoms with Gasteiger partial charge in [-0.15, -0.1) is 11.3 Å². The summed E-state index contributed by atoms with van der Waals surface area (Å²) in [6.07, 6.45) is 1.88.